The van der Waals surface area contributed by atoms with Crippen molar-refractivity contribution in [1.29, 1.82) is 0 Å². The molecule has 0 aromatic rings. The van der Waals surface area contributed by atoms with Crippen LogP contribution in [0.5, 0.6) is 0 Å². The largest absolute Gasteiger partial charge is 0.463 e. The molecule has 0 saturated carbocycles. The van der Waals surface area contributed by atoms with Crippen LogP contribution in [-0.4, -0.2) is 38.4 Å². The summed E-state index contributed by atoms with van der Waals surface area (Å²) in [6, 6.07) is 0. The Labute approximate surface area is 159 Å². The number of rotatable bonds is 16. The van der Waals surface area contributed by atoms with Crippen molar-refractivity contribution in [3.8, 4) is 11.8 Å². The maximum absolute atomic E-state index is 11.5. The number of unbranched alkanes of at least 4 members (excludes halogenated alkanes) is 8. The highest BCUT2D eigenvalue weighted by Crippen LogP contribution is 2.09. The number of carbonyl (C=O) groups excluding carboxylic acids is 2. The zero-order valence-electron chi connectivity index (χ0n) is 16.6. The summed E-state index contributed by atoms with van der Waals surface area (Å²) in [4.78, 5) is 22.9. The second kappa shape index (κ2) is 19.8. The Bertz CT molecular complexity index is 408. The van der Waals surface area contributed by atoms with Gasteiger partial charge < -0.3 is 14.2 Å². The van der Waals surface area contributed by atoms with Gasteiger partial charge in [-0.1, -0.05) is 63.7 Å². The standard InChI is InChI=1S/C21H36O5/c1-3-5-6-7-8-9-10-11-12-13-14-17-25-20(22)15-16-21(23)26-19-18-24-4-2/h3-12,15-19H2,1-2H3. The lowest BCUT2D eigenvalue weighted by Crippen LogP contribution is -2.13. The fraction of sp³-hybridized carbons (Fsp3) is 0.810. The lowest BCUT2D eigenvalue weighted by Gasteiger charge is -2.04. The number of ether oxygens (including phenoxy) is 3. The molecule has 150 valence electrons. The Kier molecular flexibility index (Phi) is 18.6. The molecule has 0 heterocycles. The lowest BCUT2D eigenvalue weighted by molar-refractivity contribution is -0.150. The van der Waals surface area contributed by atoms with Gasteiger partial charge >= 0.3 is 11.9 Å². The second-order valence-electron chi connectivity index (χ2n) is 6.16. The maximum atomic E-state index is 11.5. The molecule has 0 amide bonds. The van der Waals surface area contributed by atoms with Crippen LogP contribution in [0.4, 0.5) is 0 Å². The van der Waals surface area contributed by atoms with Gasteiger partial charge in [0, 0.05) is 13.0 Å². The van der Waals surface area contributed by atoms with Crippen LogP contribution in [0.1, 0.15) is 84.5 Å². The predicted molar refractivity (Wildman–Crippen MR) is 103 cm³/mol. The van der Waals surface area contributed by atoms with Crippen molar-refractivity contribution in [3.63, 3.8) is 0 Å². The van der Waals surface area contributed by atoms with Crippen molar-refractivity contribution in [1.82, 2.24) is 0 Å². The minimum absolute atomic E-state index is 0.0210. The van der Waals surface area contributed by atoms with E-state index in [0.717, 1.165) is 12.8 Å². The summed E-state index contributed by atoms with van der Waals surface area (Å²) in [5, 5.41) is 0. The molecule has 5 heteroatoms. The van der Waals surface area contributed by atoms with E-state index in [-0.39, 0.29) is 26.1 Å². The predicted octanol–water partition coefficient (Wildman–Crippen LogP) is 4.42. The van der Waals surface area contributed by atoms with Crippen LogP contribution >= 0.6 is 0 Å². The first-order valence-corrected chi connectivity index (χ1v) is 10.0. The molecule has 26 heavy (non-hydrogen) atoms. The van der Waals surface area contributed by atoms with Crippen LogP contribution in [0.2, 0.25) is 0 Å². The molecule has 0 spiro atoms. The third-order valence-electron chi connectivity index (χ3n) is 3.81. The van der Waals surface area contributed by atoms with Gasteiger partial charge in [-0.3, -0.25) is 9.59 Å². The molecule has 0 aromatic carbocycles. The smallest absolute Gasteiger partial charge is 0.307 e. The zero-order chi connectivity index (χ0) is 19.3. The first-order chi connectivity index (χ1) is 12.7. The summed E-state index contributed by atoms with van der Waals surface area (Å²) in [6.07, 6.45) is 11.1. The first-order valence-electron chi connectivity index (χ1n) is 10.0. The summed E-state index contributed by atoms with van der Waals surface area (Å²) in [6.45, 7) is 5.37. The molecule has 0 aliphatic heterocycles. The molecule has 0 unspecified atom stereocenters. The van der Waals surface area contributed by atoms with Gasteiger partial charge in [-0.05, 0) is 13.3 Å². The van der Waals surface area contributed by atoms with Crippen LogP contribution in [0.3, 0.4) is 0 Å². The Morgan fingerprint density at radius 3 is 2.00 bits per heavy atom. The number of hydrogen-bond donors (Lipinski definition) is 0. The lowest BCUT2D eigenvalue weighted by atomic mass is 10.1. The summed E-state index contributed by atoms with van der Waals surface area (Å²) in [5.74, 6) is 5.03. The number of carbonyl (C=O) groups is 2. The van der Waals surface area contributed by atoms with Gasteiger partial charge in [-0.25, -0.2) is 0 Å². The highest BCUT2D eigenvalue weighted by Gasteiger charge is 2.08. The normalized spacial score (nSPS) is 10.1. The highest BCUT2D eigenvalue weighted by molar-refractivity contribution is 5.77. The van der Waals surface area contributed by atoms with Gasteiger partial charge in [0.25, 0.3) is 0 Å². The Morgan fingerprint density at radius 2 is 1.35 bits per heavy atom. The molecule has 0 saturated heterocycles. The fourth-order valence-corrected chi connectivity index (χ4v) is 2.31. The molecular formula is C21H36O5. The van der Waals surface area contributed by atoms with Crippen molar-refractivity contribution < 1.29 is 23.8 Å². The van der Waals surface area contributed by atoms with Crippen molar-refractivity contribution >= 4 is 11.9 Å². The summed E-state index contributed by atoms with van der Waals surface area (Å²) in [7, 11) is 0. The van der Waals surface area contributed by atoms with Gasteiger partial charge in [0.05, 0.1) is 19.4 Å². The quantitative estimate of drug-likeness (QED) is 0.229. The monoisotopic (exact) mass is 368 g/mol. The van der Waals surface area contributed by atoms with E-state index in [9.17, 15) is 9.59 Å². The van der Waals surface area contributed by atoms with Gasteiger partial charge in [-0.15, -0.1) is 0 Å². The van der Waals surface area contributed by atoms with Crippen LogP contribution < -0.4 is 0 Å². The number of hydrogen-bond acceptors (Lipinski definition) is 5. The van der Waals surface area contributed by atoms with E-state index in [1.165, 1.54) is 44.9 Å². The number of esters is 2. The van der Waals surface area contributed by atoms with Crippen LogP contribution in [-0.2, 0) is 23.8 Å². The van der Waals surface area contributed by atoms with Crippen molar-refractivity contribution in [2.24, 2.45) is 0 Å². The van der Waals surface area contributed by atoms with Gasteiger partial charge in [-0.2, -0.15) is 0 Å². The molecule has 0 bridgehead atoms. The second-order valence-corrected chi connectivity index (χ2v) is 6.16. The molecule has 0 N–H and O–H groups in total. The van der Waals surface area contributed by atoms with E-state index in [2.05, 4.69) is 18.8 Å². The first kappa shape index (κ1) is 24.5. The van der Waals surface area contributed by atoms with Gasteiger partial charge in [0.1, 0.15) is 6.61 Å². The fourth-order valence-electron chi connectivity index (χ4n) is 2.31. The maximum Gasteiger partial charge on any atom is 0.307 e. The van der Waals surface area contributed by atoms with Crippen LogP contribution in [0.15, 0.2) is 0 Å². The summed E-state index contributed by atoms with van der Waals surface area (Å²) in [5.41, 5.74) is 0. The van der Waals surface area contributed by atoms with E-state index in [1.807, 2.05) is 6.92 Å². The molecule has 0 fully saturated rings. The Morgan fingerprint density at radius 1 is 0.731 bits per heavy atom. The highest BCUT2D eigenvalue weighted by atomic mass is 16.6. The average molecular weight is 369 g/mol. The van der Waals surface area contributed by atoms with Crippen molar-refractivity contribution in [3.05, 3.63) is 0 Å². The third kappa shape index (κ3) is 18.8. The van der Waals surface area contributed by atoms with Crippen LogP contribution in [0.25, 0.3) is 0 Å². The van der Waals surface area contributed by atoms with Gasteiger partial charge in [0.15, 0.2) is 6.61 Å². The van der Waals surface area contributed by atoms with Crippen LogP contribution in [0, 0.1) is 11.8 Å². The Hall–Kier alpha value is -1.54. The topological polar surface area (TPSA) is 61.8 Å². The molecule has 0 aliphatic rings. The molecule has 0 aliphatic carbocycles. The van der Waals surface area contributed by atoms with Crippen molar-refractivity contribution in [2.75, 3.05) is 26.4 Å². The molecule has 0 rings (SSSR count). The van der Waals surface area contributed by atoms with E-state index in [1.54, 1.807) is 0 Å². The van der Waals surface area contributed by atoms with Crippen molar-refractivity contribution in [2.45, 2.75) is 84.5 Å². The molecule has 0 radical (unpaired) electrons. The van der Waals surface area contributed by atoms with Gasteiger partial charge in [0.2, 0.25) is 0 Å². The summed E-state index contributed by atoms with van der Waals surface area (Å²) < 4.78 is 14.9. The molecular weight excluding hydrogens is 332 g/mol. The SMILES string of the molecule is CCCCCCCCCCC#CCOC(=O)CCC(=O)OCCOCC. The molecule has 0 atom stereocenters. The molecule has 0 aromatic heterocycles. The minimum Gasteiger partial charge on any atom is -0.463 e. The molecule has 5 nitrogen and oxygen atoms in total. The minimum atomic E-state index is -0.423. The zero-order valence-corrected chi connectivity index (χ0v) is 16.6. The third-order valence-corrected chi connectivity index (χ3v) is 3.81. The summed E-state index contributed by atoms with van der Waals surface area (Å²) >= 11 is 0. The Balaban J connectivity index is 3.43. The van der Waals surface area contributed by atoms with E-state index in [0.29, 0.717) is 13.2 Å². The average Bonchev–Trinajstić information content (AvgIpc) is 2.64. The van der Waals surface area contributed by atoms with E-state index < -0.39 is 11.9 Å². The van der Waals surface area contributed by atoms with E-state index in [4.69, 9.17) is 14.2 Å². The van der Waals surface area contributed by atoms with E-state index >= 15 is 0 Å².